The van der Waals surface area contributed by atoms with Crippen LogP contribution in [0.1, 0.15) is 17.0 Å². The van der Waals surface area contributed by atoms with Crippen molar-refractivity contribution in [1.29, 1.82) is 0 Å². The first-order valence-electron chi connectivity index (χ1n) is 3.77. The van der Waals surface area contributed by atoms with Gasteiger partial charge in [0.05, 0.1) is 17.0 Å². The van der Waals surface area contributed by atoms with Crippen LogP contribution in [-0.2, 0) is 11.8 Å². The summed E-state index contributed by atoms with van der Waals surface area (Å²) in [4.78, 5) is 10.2. The minimum atomic E-state index is -1.12. The lowest BCUT2D eigenvalue weighted by atomic mass is 10.2. The lowest BCUT2D eigenvalue weighted by molar-refractivity contribution is -0.130. The molecule has 0 amide bonds. The topological polar surface area (TPSA) is 55.1 Å². The van der Waals surface area contributed by atoms with Crippen LogP contribution < -0.4 is 0 Å². The van der Waals surface area contributed by atoms with Crippen LogP contribution in [0.4, 0.5) is 0 Å². The van der Waals surface area contributed by atoms with E-state index in [2.05, 4.69) is 16.9 Å². The highest BCUT2D eigenvalue weighted by atomic mass is 16.4. The molecule has 4 nitrogen and oxygen atoms in total. The molecule has 13 heavy (non-hydrogen) atoms. The lowest BCUT2D eigenvalue weighted by Gasteiger charge is -1.90. The third-order valence-corrected chi connectivity index (χ3v) is 1.80. The summed E-state index contributed by atoms with van der Waals surface area (Å²) in [7, 11) is 1.80. The van der Waals surface area contributed by atoms with Crippen molar-refractivity contribution in [2.45, 2.75) is 13.8 Å². The molecule has 0 radical (unpaired) electrons. The summed E-state index contributed by atoms with van der Waals surface area (Å²) in [5.41, 5.74) is 2.34. The zero-order valence-electron chi connectivity index (χ0n) is 7.75. The van der Waals surface area contributed by atoms with Crippen molar-refractivity contribution < 1.29 is 9.90 Å². The molecule has 4 heteroatoms. The maximum Gasteiger partial charge on any atom is 0.382 e. The van der Waals surface area contributed by atoms with Gasteiger partial charge in [-0.1, -0.05) is 5.92 Å². The summed E-state index contributed by atoms with van der Waals surface area (Å²) in [6.45, 7) is 3.66. The largest absolute Gasteiger partial charge is 0.472 e. The van der Waals surface area contributed by atoms with Crippen molar-refractivity contribution in [1.82, 2.24) is 9.78 Å². The van der Waals surface area contributed by atoms with Crippen LogP contribution >= 0.6 is 0 Å². The van der Waals surface area contributed by atoms with Crippen LogP contribution in [0.15, 0.2) is 0 Å². The quantitative estimate of drug-likeness (QED) is 0.587. The Kier molecular flexibility index (Phi) is 2.38. The zero-order valence-corrected chi connectivity index (χ0v) is 7.75. The molecule has 1 rings (SSSR count). The molecule has 0 aliphatic heterocycles. The highest BCUT2D eigenvalue weighted by Gasteiger charge is 2.05. The van der Waals surface area contributed by atoms with Crippen molar-refractivity contribution in [3.63, 3.8) is 0 Å². The Morgan fingerprint density at radius 3 is 2.54 bits per heavy atom. The summed E-state index contributed by atoms with van der Waals surface area (Å²) in [5, 5.41) is 12.5. The first-order valence-corrected chi connectivity index (χ1v) is 3.77. The maximum absolute atomic E-state index is 10.2. The van der Waals surface area contributed by atoms with Crippen molar-refractivity contribution in [3.8, 4) is 11.8 Å². The zero-order chi connectivity index (χ0) is 10.0. The van der Waals surface area contributed by atoms with E-state index >= 15 is 0 Å². The van der Waals surface area contributed by atoms with E-state index < -0.39 is 5.97 Å². The highest BCUT2D eigenvalue weighted by molar-refractivity contribution is 5.87. The number of hydrogen-bond acceptors (Lipinski definition) is 2. The van der Waals surface area contributed by atoms with E-state index in [4.69, 9.17) is 5.11 Å². The molecule has 1 heterocycles. The number of carboxylic acids is 1. The van der Waals surface area contributed by atoms with E-state index in [9.17, 15) is 4.79 Å². The van der Waals surface area contributed by atoms with Gasteiger partial charge in [-0.2, -0.15) is 5.10 Å². The number of carboxylic acid groups (broad SMARTS) is 1. The van der Waals surface area contributed by atoms with Gasteiger partial charge in [0.2, 0.25) is 0 Å². The molecule has 1 N–H and O–H groups in total. The molecule has 0 saturated heterocycles. The molecular formula is C9H10N2O2. The molecule has 0 saturated carbocycles. The minimum absolute atomic E-state index is 0.699. The second-order valence-corrected chi connectivity index (χ2v) is 2.72. The van der Waals surface area contributed by atoms with Gasteiger partial charge in [-0.3, -0.25) is 4.68 Å². The van der Waals surface area contributed by atoms with Crippen molar-refractivity contribution in [2.75, 3.05) is 0 Å². The number of carbonyl (C=O) groups is 1. The summed E-state index contributed by atoms with van der Waals surface area (Å²) in [6.07, 6.45) is 0. The average molecular weight is 178 g/mol. The second kappa shape index (κ2) is 3.31. The Bertz CT molecular complexity index is 407. The molecular weight excluding hydrogens is 168 g/mol. The molecule has 1 aromatic heterocycles. The van der Waals surface area contributed by atoms with Gasteiger partial charge >= 0.3 is 5.97 Å². The van der Waals surface area contributed by atoms with Gasteiger partial charge in [-0.15, -0.1) is 0 Å². The molecule has 0 bridgehead atoms. The van der Waals surface area contributed by atoms with Crippen molar-refractivity contribution >= 4 is 5.97 Å². The Morgan fingerprint density at radius 1 is 1.54 bits per heavy atom. The van der Waals surface area contributed by atoms with Crippen LogP contribution in [0.5, 0.6) is 0 Å². The third kappa shape index (κ3) is 1.88. The molecule has 0 aromatic carbocycles. The monoisotopic (exact) mass is 178 g/mol. The van der Waals surface area contributed by atoms with Crippen LogP contribution in [0.25, 0.3) is 0 Å². The molecule has 0 unspecified atom stereocenters. The fourth-order valence-electron chi connectivity index (χ4n) is 1.07. The number of rotatable bonds is 0. The fraction of sp³-hybridized carbons (Fsp3) is 0.333. The van der Waals surface area contributed by atoms with E-state index in [0.717, 1.165) is 11.4 Å². The first kappa shape index (κ1) is 9.33. The summed E-state index contributed by atoms with van der Waals surface area (Å²) >= 11 is 0. The first-order chi connectivity index (χ1) is 6.02. The molecule has 0 atom stereocenters. The van der Waals surface area contributed by atoms with E-state index in [1.54, 1.807) is 18.7 Å². The van der Waals surface area contributed by atoms with Gasteiger partial charge in [0.15, 0.2) is 0 Å². The molecule has 0 spiro atoms. The van der Waals surface area contributed by atoms with Gasteiger partial charge in [0.25, 0.3) is 0 Å². The van der Waals surface area contributed by atoms with Crippen LogP contribution in [-0.4, -0.2) is 20.9 Å². The van der Waals surface area contributed by atoms with E-state index in [0.29, 0.717) is 5.56 Å². The van der Waals surface area contributed by atoms with E-state index in [1.165, 1.54) is 0 Å². The SMILES string of the molecule is Cc1nn(C)c(C)c1C#CC(=O)O. The van der Waals surface area contributed by atoms with Gasteiger partial charge in [0.1, 0.15) is 0 Å². The highest BCUT2D eigenvalue weighted by Crippen LogP contribution is 2.09. The number of hydrogen-bond donors (Lipinski definition) is 1. The Morgan fingerprint density at radius 2 is 2.15 bits per heavy atom. The van der Waals surface area contributed by atoms with Crippen molar-refractivity contribution in [2.24, 2.45) is 7.05 Å². The van der Waals surface area contributed by atoms with E-state index in [1.807, 2.05) is 6.92 Å². The Balaban J connectivity index is 3.17. The van der Waals surface area contributed by atoms with Crippen LogP contribution in [0, 0.1) is 25.7 Å². The Hall–Kier alpha value is -1.76. The number of aryl methyl sites for hydroxylation is 2. The molecule has 0 aliphatic carbocycles. The predicted molar refractivity (Wildman–Crippen MR) is 47.2 cm³/mol. The van der Waals surface area contributed by atoms with E-state index in [-0.39, 0.29) is 0 Å². The third-order valence-electron chi connectivity index (χ3n) is 1.80. The second-order valence-electron chi connectivity index (χ2n) is 2.72. The lowest BCUT2D eigenvalue weighted by Crippen LogP contribution is -1.93. The van der Waals surface area contributed by atoms with Crippen LogP contribution in [0.2, 0.25) is 0 Å². The molecule has 1 aromatic rings. The number of nitrogens with zero attached hydrogens (tertiary/aromatic N) is 2. The molecule has 68 valence electrons. The van der Waals surface area contributed by atoms with Gasteiger partial charge < -0.3 is 5.11 Å². The molecule has 0 fully saturated rings. The van der Waals surface area contributed by atoms with Crippen LogP contribution in [0.3, 0.4) is 0 Å². The fourth-order valence-corrected chi connectivity index (χ4v) is 1.07. The maximum atomic E-state index is 10.2. The standard InChI is InChI=1S/C9H10N2O2/c1-6-8(4-5-9(12)13)7(2)11(3)10-6/h1-3H3,(H,12,13). The minimum Gasteiger partial charge on any atom is -0.472 e. The molecule has 0 aliphatic rings. The van der Waals surface area contributed by atoms with Gasteiger partial charge in [0, 0.05) is 13.0 Å². The normalized spacial score (nSPS) is 9.15. The number of aliphatic carboxylic acids is 1. The summed E-state index contributed by atoms with van der Waals surface area (Å²) in [6, 6.07) is 0. The number of aromatic nitrogens is 2. The van der Waals surface area contributed by atoms with Gasteiger partial charge in [-0.25, -0.2) is 4.79 Å². The van der Waals surface area contributed by atoms with Gasteiger partial charge in [-0.05, 0) is 13.8 Å². The van der Waals surface area contributed by atoms with Crippen molar-refractivity contribution in [3.05, 3.63) is 17.0 Å². The summed E-state index contributed by atoms with van der Waals surface area (Å²) in [5.74, 6) is 3.52. The average Bonchev–Trinajstić information content (AvgIpc) is 2.24. The Labute approximate surface area is 76.2 Å². The smallest absolute Gasteiger partial charge is 0.382 e. The predicted octanol–water partition coefficient (Wildman–Crippen LogP) is 0.473. The summed E-state index contributed by atoms with van der Waals surface area (Å²) < 4.78 is 1.68.